The fourth-order valence-corrected chi connectivity index (χ4v) is 2.29. The molecule has 1 unspecified atom stereocenters. The van der Waals surface area contributed by atoms with E-state index in [0.717, 1.165) is 5.56 Å². The number of carbonyl (C=O) groups is 2. The van der Waals surface area contributed by atoms with E-state index >= 15 is 0 Å². The number of carbonyl (C=O) groups excluding carboxylic acids is 2. The van der Waals surface area contributed by atoms with Crippen LogP contribution >= 0.6 is 0 Å². The minimum Gasteiger partial charge on any atom is -0.299 e. The minimum atomic E-state index is -0.436. The van der Waals surface area contributed by atoms with Crippen LogP contribution in [-0.4, -0.2) is 11.6 Å². The Morgan fingerprint density at radius 3 is 2.19 bits per heavy atom. The highest BCUT2D eigenvalue weighted by atomic mass is 19.1. The first-order valence-electron chi connectivity index (χ1n) is 6.98. The third-order valence-corrected chi connectivity index (χ3v) is 3.49. The van der Waals surface area contributed by atoms with Crippen LogP contribution in [0.1, 0.15) is 41.6 Å². The van der Waals surface area contributed by atoms with Crippen molar-refractivity contribution >= 4 is 11.6 Å². The summed E-state index contributed by atoms with van der Waals surface area (Å²) in [5.41, 5.74) is 1.28. The first-order valence-corrected chi connectivity index (χ1v) is 6.98. The van der Waals surface area contributed by atoms with Crippen LogP contribution < -0.4 is 0 Å². The van der Waals surface area contributed by atoms with Crippen LogP contribution in [0.2, 0.25) is 0 Å². The summed E-state index contributed by atoms with van der Waals surface area (Å²) in [6.07, 6.45) is 0.499. The van der Waals surface area contributed by atoms with Crippen LogP contribution in [-0.2, 0) is 4.79 Å². The quantitative estimate of drug-likeness (QED) is 0.746. The maximum atomic E-state index is 12.9. The highest BCUT2D eigenvalue weighted by Crippen LogP contribution is 2.24. The highest BCUT2D eigenvalue weighted by Gasteiger charge is 2.22. The maximum absolute atomic E-state index is 12.9. The van der Waals surface area contributed by atoms with Gasteiger partial charge in [0, 0.05) is 24.3 Å². The Bertz CT molecular complexity index is 617. The van der Waals surface area contributed by atoms with E-state index in [9.17, 15) is 14.0 Å². The van der Waals surface area contributed by atoms with Crippen LogP contribution in [0.5, 0.6) is 0 Å². The molecule has 0 saturated heterocycles. The Balaban J connectivity index is 2.21. The lowest BCUT2D eigenvalue weighted by Gasteiger charge is -2.15. The second kappa shape index (κ2) is 6.93. The zero-order valence-corrected chi connectivity index (χ0v) is 11.9. The molecule has 1 atom stereocenters. The van der Waals surface area contributed by atoms with Gasteiger partial charge in [-0.2, -0.15) is 0 Å². The average molecular weight is 284 g/mol. The number of ketones is 2. The molecule has 3 heteroatoms. The molecule has 0 N–H and O–H groups in total. The molecule has 0 spiro atoms. The molecule has 0 radical (unpaired) electrons. The lowest BCUT2D eigenvalue weighted by Crippen LogP contribution is -2.16. The molecule has 2 aromatic carbocycles. The van der Waals surface area contributed by atoms with Crippen LogP contribution in [0.3, 0.4) is 0 Å². The lowest BCUT2D eigenvalue weighted by atomic mass is 9.87. The maximum Gasteiger partial charge on any atom is 0.163 e. The van der Waals surface area contributed by atoms with Crippen molar-refractivity contribution in [3.05, 3.63) is 71.5 Å². The van der Waals surface area contributed by atoms with E-state index in [0.29, 0.717) is 12.0 Å². The fraction of sp³-hybridized carbons (Fsp3) is 0.222. The molecule has 0 bridgehead atoms. The Hall–Kier alpha value is -2.29. The standard InChI is InChI=1S/C18H17FO2/c1-2-17(20)16(13-6-4-3-5-7-13)12-18(21)14-8-10-15(19)11-9-14/h3-11,16H,2,12H2,1H3. The molecule has 0 aromatic heterocycles. The van der Waals surface area contributed by atoms with Crippen molar-refractivity contribution in [2.24, 2.45) is 0 Å². The Labute approximate surface area is 123 Å². The minimum absolute atomic E-state index is 0.0386. The molecule has 2 aromatic rings. The van der Waals surface area contributed by atoms with Gasteiger partial charge in [0.2, 0.25) is 0 Å². The molecule has 0 aliphatic rings. The molecule has 0 heterocycles. The molecule has 2 rings (SSSR count). The SMILES string of the molecule is CCC(=O)C(CC(=O)c1ccc(F)cc1)c1ccccc1. The smallest absolute Gasteiger partial charge is 0.163 e. The van der Waals surface area contributed by atoms with Crippen molar-refractivity contribution in [2.75, 3.05) is 0 Å². The Kier molecular flexibility index (Phi) is 4.99. The van der Waals surface area contributed by atoms with Crippen LogP contribution in [0, 0.1) is 5.82 Å². The van der Waals surface area contributed by atoms with Crippen LogP contribution in [0.15, 0.2) is 54.6 Å². The van der Waals surface area contributed by atoms with Crippen LogP contribution in [0.25, 0.3) is 0 Å². The molecule has 0 aliphatic carbocycles. The summed E-state index contributed by atoms with van der Waals surface area (Å²) in [7, 11) is 0. The molecular weight excluding hydrogens is 267 g/mol. The first kappa shape index (κ1) is 15.1. The Morgan fingerprint density at radius 2 is 1.62 bits per heavy atom. The summed E-state index contributed by atoms with van der Waals surface area (Å²) >= 11 is 0. The van der Waals surface area contributed by atoms with Gasteiger partial charge in [0.1, 0.15) is 11.6 Å². The third kappa shape index (κ3) is 3.85. The highest BCUT2D eigenvalue weighted by molar-refractivity contribution is 6.00. The first-order chi connectivity index (χ1) is 10.1. The van der Waals surface area contributed by atoms with Crippen molar-refractivity contribution in [3.63, 3.8) is 0 Å². The summed E-state index contributed by atoms with van der Waals surface area (Å²) in [6.45, 7) is 1.79. The molecule has 0 aliphatic heterocycles. The van der Waals surface area contributed by atoms with Crippen molar-refractivity contribution < 1.29 is 14.0 Å². The van der Waals surface area contributed by atoms with Gasteiger partial charge in [0.25, 0.3) is 0 Å². The van der Waals surface area contributed by atoms with Crippen molar-refractivity contribution in [2.45, 2.75) is 25.7 Å². The predicted molar refractivity (Wildman–Crippen MR) is 79.8 cm³/mol. The van der Waals surface area contributed by atoms with Gasteiger partial charge >= 0.3 is 0 Å². The number of hydrogen-bond acceptors (Lipinski definition) is 2. The second-order valence-electron chi connectivity index (χ2n) is 4.92. The van der Waals surface area contributed by atoms with E-state index in [-0.39, 0.29) is 23.8 Å². The van der Waals surface area contributed by atoms with Gasteiger partial charge in [-0.1, -0.05) is 37.3 Å². The number of rotatable bonds is 6. The van der Waals surface area contributed by atoms with Crippen LogP contribution in [0.4, 0.5) is 4.39 Å². The van der Waals surface area contributed by atoms with Crippen molar-refractivity contribution in [1.82, 2.24) is 0 Å². The number of benzene rings is 2. The molecule has 108 valence electrons. The van der Waals surface area contributed by atoms with Gasteiger partial charge in [-0.25, -0.2) is 4.39 Å². The lowest BCUT2D eigenvalue weighted by molar-refractivity contribution is -0.120. The van der Waals surface area contributed by atoms with Gasteiger partial charge < -0.3 is 0 Å². The molecule has 2 nitrogen and oxygen atoms in total. The monoisotopic (exact) mass is 284 g/mol. The van der Waals surface area contributed by atoms with Gasteiger partial charge in [-0.3, -0.25) is 9.59 Å². The predicted octanol–water partition coefficient (Wildman–Crippen LogP) is 4.16. The fourth-order valence-electron chi connectivity index (χ4n) is 2.29. The van der Waals surface area contributed by atoms with Crippen molar-refractivity contribution in [3.8, 4) is 0 Å². The van der Waals surface area contributed by atoms with E-state index in [4.69, 9.17) is 0 Å². The second-order valence-corrected chi connectivity index (χ2v) is 4.92. The van der Waals surface area contributed by atoms with Gasteiger partial charge in [-0.05, 0) is 29.8 Å². The summed E-state index contributed by atoms with van der Waals surface area (Å²) in [4.78, 5) is 24.4. The molecule has 0 amide bonds. The molecular formula is C18H17FO2. The molecule has 0 saturated carbocycles. The third-order valence-electron chi connectivity index (χ3n) is 3.49. The van der Waals surface area contributed by atoms with E-state index < -0.39 is 5.92 Å². The number of halogens is 1. The topological polar surface area (TPSA) is 34.1 Å². The summed E-state index contributed by atoms with van der Waals surface area (Å²) in [6, 6.07) is 14.7. The Morgan fingerprint density at radius 1 is 1.00 bits per heavy atom. The summed E-state index contributed by atoms with van der Waals surface area (Å²) in [5, 5.41) is 0. The van der Waals surface area contributed by atoms with Gasteiger partial charge in [-0.15, -0.1) is 0 Å². The summed E-state index contributed by atoms with van der Waals surface area (Å²) in [5.74, 6) is -0.924. The van der Waals surface area contributed by atoms with Gasteiger partial charge in [0.15, 0.2) is 5.78 Å². The normalized spacial score (nSPS) is 11.9. The molecule has 0 fully saturated rings. The van der Waals surface area contributed by atoms with Gasteiger partial charge in [0.05, 0.1) is 0 Å². The number of Topliss-reactive ketones (excluding diaryl/α,β-unsaturated/α-hetero) is 2. The summed E-state index contributed by atoms with van der Waals surface area (Å²) < 4.78 is 12.9. The molecule has 21 heavy (non-hydrogen) atoms. The van der Waals surface area contributed by atoms with E-state index in [2.05, 4.69) is 0 Å². The number of hydrogen-bond donors (Lipinski definition) is 0. The largest absolute Gasteiger partial charge is 0.299 e. The zero-order chi connectivity index (χ0) is 15.2. The van der Waals surface area contributed by atoms with Crippen molar-refractivity contribution in [1.29, 1.82) is 0 Å². The van der Waals surface area contributed by atoms with E-state index in [1.807, 2.05) is 30.3 Å². The van der Waals surface area contributed by atoms with E-state index in [1.54, 1.807) is 6.92 Å². The zero-order valence-electron chi connectivity index (χ0n) is 11.9. The average Bonchev–Trinajstić information content (AvgIpc) is 2.53. The van der Waals surface area contributed by atoms with E-state index in [1.165, 1.54) is 24.3 Å².